The topological polar surface area (TPSA) is 78.9 Å². The van der Waals surface area contributed by atoms with Gasteiger partial charge in [-0.3, -0.25) is 0 Å². The Balaban J connectivity index is 2.26. The third-order valence-electron chi connectivity index (χ3n) is 3.97. The number of alkyl halides is 3. The third-order valence-corrected chi connectivity index (χ3v) is 3.97. The lowest BCUT2D eigenvalue weighted by molar-refractivity contribution is -0.144. The zero-order valence-corrected chi connectivity index (χ0v) is 14.7. The van der Waals surface area contributed by atoms with E-state index in [1.54, 1.807) is 20.8 Å². The van der Waals surface area contributed by atoms with Gasteiger partial charge in [-0.15, -0.1) is 0 Å². The first-order chi connectivity index (χ1) is 11.8. The van der Waals surface area contributed by atoms with E-state index in [-0.39, 0.29) is 25.2 Å². The van der Waals surface area contributed by atoms with Crippen LogP contribution in [-0.4, -0.2) is 41.4 Å². The molecule has 1 aromatic rings. The van der Waals surface area contributed by atoms with Gasteiger partial charge in [-0.05, 0) is 32.9 Å². The Hall–Kier alpha value is -2.45. The lowest BCUT2D eigenvalue weighted by Gasteiger charge is -2.29. The maximum Gasteiger partial charge on any atom is 0.418 e. The van der Waals surface area contributed by atoms with Gasteiger partial charge in [0.25, 0.3) is 0 Å². The van der Waals surface area contributed by atoms with Gasteiger partial charge in [0.05, 0.1) is 12.1 Å². The van der Waals surface area contributed by atoms with Crippen molar-refractivity contribution in [2.75, 3.05) is 18.0 Å². The number of anilines is 1. The predicted octanol–water partition coefficient (Wildman–Crippen LogP) is 3.26. The van der Waals surface area contributed by atoms with E-state index in [0.717, 1.165) is 6.07 Å². The van der Waals surface area contributed by atoms with E-state index >= 15 is 0 Å². The minimum atomic E-state index is -4.57. The second-order valence-electron chi connectivity index (χ2n) is 7.20. The molecule has 9 heteroatoms. The molecule has 1 aliphatic heterocycles. The molecule has 1 atom stereocenters. The molecule has 1 aromatic carbocycles. The highest BCUT2D eigenvalue weighted by Gasteiger charge is 2.48. The number of nitrogens with zero attached hydrogens (tertiary/aromatic N) is 1. The van der Waals surface area contributed by atoms with Gasteiger partial charge < -0.3 is 20.1 Å². The van der Waals surface area contributed by atoms with Crippen LogP contribution in [0.25, 0.3) is 0 Å². The van der Waals surface area contributed by atoms with Crippen molar-refractivity contribution in [1.29, 1.82) is 0 Å². The van der Waals surface area contributed by atoms with E-state index in [9.17, 15) is 27.9 Å². The molecule has 0 bridgehead atoms. The Kier molecular flexibility index (Phi) is 5.12. The van der Waals surface area contributed by atoms with E-state index in [1.165, 1.54) is 23.1 Å². The van der Waals surface area contributed by atoms with Crippen LogP contribution < -0.4 is 10.2 Å². The molecular formula is C17H21F3N2O4. The second kappa shape index (κ2) is 6.69. The zero-order valence-electron chi connectivity index (χ0n) is 14.7. The molecule has 2 rings (SSSR count). The smallest absolute Gasteiger partial charge is 0.418 e. The number of para-hydroxylation sites is 1. The number of hydrogen-bond acceptors (Lipinski definition) is 4. The van der Waals surface area contributed by atoms with Crippen molar-refractivity contribution in [2.45, 2.75) is 44.5 Å². The maximum atomic E-state index is 13.2. The molecule has 0 radical (unpaired) electrons. The van der Waals surface area contributed by atoms with Gasteiger partial charge in [0, 0.05) is 18.7 Å². The van der Waals surface area contributed by atoms with E-state index in [2.05, 4.69) is 5.32 Å². The van der Waals surface area contributed by atoms with E-state index in [1.807, 2.05) is 0 Å². The fourth-order valence-corrected chi connectivity index (χ4v) is 2.83. The number of ether oxygens (including phenoxy) is 1. The van der Waals surface area contributed by atoms with Crippen LogP contribution in [0.3, 0.4) is 0 Å². The summed E-state index contributed by atoms with van der Waals surface area (Å²) in [5.41, 5.74) is -3.51. The molecule has 0 spiro atoms. The highest BCUT2D eigenvalue weighted by atomic mass is 19.4. The Morgan fingerprint density at radius 2 is 1.85 bits per heavy atom. The minimum absolute atomic E-state index is 0.0478. The standard InChI is InChI=1S/C17H21F3N2O4/c1-15(2,3)26-14(25)21-16(13(23)24)8-9-22(10-16)12-7-5-4-6-11(12)17(18,19)20/h4-7H,8-10H2,1-3H3,(H,21,25)(H,23,24). The van der Waals surface area contributed by atoms with Crippen molar-refractivity contribution in [3.8, 4) is 0 Å². The van der Waals surface area contributed by atoms with Crippen LogP contribution in [0.1, 0.15) is 32.8 Å². The Morgan fingerprint density at radius 3 is 2.38 bits per heavy atom. The number of aliphatic carboxylic acids is 1. The number of alkyl carbamates (subject to hydrolysis) is 1. The zero-order chi connectivity index (χ0) is 19.8. The first kappa shape index (κ1) is 19.9. The normalized spacial score (nSPS) is 20.8. The van der Waals surface area contributed by atoms with Crippen molar-refractivity contribution in [3.05, 3.63) is 29.8 Å². The third kappa shape index (κ3) is 4.39. The number of rotatable bonds is 3. The van der Waals surface area contributed by atoms with Gasteiger partial charge in [0.1, 0.15) is 5.60 Å². The van der Waals surface area contributed by atoms with Crippen molar-refractivity contribution in [3.63, 3.8) is 0 Å². The average molecular weight is 374 g/mol. The number of amides is 1. The molecule has 0 aliphatic carbocycles. The van der Waals surface area contributed by atoms with Crippen LogP contribution in [0, 0.1) is 0 Å². The van der Waals surface area contributed by atoms with Gasteiger partial charge in [-0.2, -0.15) is 13.2 Å². The molecule has 0 aromatic heterocycles. The fourth-order valence-electron chi connectivity index (χ4n) is 2.83. The summed E-state index contributed by atoms with van der Waals surface area (Å²) in [6.45, 7) is 4.63. The molecule has 144 valence electrons. The summed E-state index contributed by atoms with van der Waals surface area (Å²) < 4.78 is 44.7. The summed E-state index contributed by atoms with van der Waals surface area (Å²) in [6, 6.07) is 4.95. The molecule has 1 amide bonds. The van der Waals surface area contributed by atoms with Crippen molar-refractivity contribution in [2.24, 2.45) is 0 Å². The first-order valence-electron chi connectivity index (χ1n) is 8.00. The molecule has 2 N–H and O–H groups in total. The highest BCUT2D eigenvalue weighted by molar-refractivity contribution is 5.86. The van der Waals surface area contributed by atoms with Gasteiger partial charge in [-0.1, -0.05) is 12.1 Å². The number of halogens is 3. The molecule has 1 aliphatic rings. The average Bonchev–Trinajstić information content (AvgIpc) is 2.89. The highest BCUT2D eigenvalue weighted by Crippen LogP contribution is 2.38. The predicted molar refractivity (Wildman–Crippen MR) is 88.0 cm³/mol. The molecular weight excluding hydrogens is 353 g/mol. The summed E-state index contributed by atoms with van der Waals surface area (Å²) in [6.07, 6.45) is -5.54. The number of carbonyl (C=O) groups is 2. The number of carboxylic acid groups (broad SMARTS) is 1. The van der Waals surface area contributed by atoms with Crippen molar-refractivity contribution < 1.29 is 32.6 Å². The monoisotopic (exact) mass is 374 g/mol. The number of carbonyl (C=O) groups excluding carboxylic acids is 1. The van der Waals surface area contributed by atoms with Crippen LogP contribution in [-0.2, 0) is 15.7 Å². The van der Waals surface area contributed by atoms with Gasteiger partial charge in [0.2, 0.25) is 0 Å². The number of carboxylic acids is 1. The lowest BCUT2D eigenvalue weighted by Crippen LogP contribution is -2.57. The van der Waals surface area contributed by atoms with E-state index < -0.39 is 34.9 Å². The van der Waals surface area contributed by atoms with Crippen molar-refractivity contribution >= 4 is 17.7 Å². The number of nitrogens with one attached hydrogen (secondary N) is 1. The van der Waals surface area contributed by atoms with Crippen molar-refractivity contribution in [1.82, 2.24) is 5.32 Å². The second-order valence-corrected chi connectivity index (χ2v) is 7.20. The first-order valence-corrected chi connectivity index (χ1v) is 8.00. The minimum Gasteiger partial charge on any atom is -0.479 e. The van der Waals surface area contributed by atoms with Gasteiger partial charge in [0.15, 0.2) is 5.54 Å². The Labute approximate surface area is 148 Å². The largest absolute Gasteiger partial charge is 0.479 e. The van der Waals surface area contributed by atoms with E-state index in [4.69, 9.17) is 4.74 Å². The summed E-state index contributed by atoms with van der Waals surface area (Å²) >= 11 is 0. The molecule has 1 heterocycles. The quantitative estimate of drug-likeness (QED) is 0.849. The van der Waals surface area contributed by atoms with Crippen LogP contribution in [0.2, 0.25) is 0 Å². The summed E-state index contributed by atoms with van der Waals surface area (Å²) in [4.78, 5) is 25.1. The lowest BCUT2D eigenvalue weighted by atomic mass is 9.99. The Morgan fingerprint density at radius 1 is 1.23 bits per heavy atom. The van der Waals surface area contributed by atoms with Crippen LogP contribution in [0.15, 0.2) is 24.3 Å². The van der Waals surface area contributed by atoms with Crippen LogP contribution in [0.5, 0.6) is 0 Å². The maximum absolute atomic E-state index is 13.2. The SMILES string of the molecule is CC(C)(C)OC(=O)NC1(C(=O)O)CCN(c2ccccc2C(F)(F)F)C1. The van der Waals surface area contributed by atoms with E-state index in [0.29, 0.717) is 0 Å². The molecule has 26 heavy (non-hydrogen) atoms. The molecule has 1 unspecified atom stereocenters. The molecule has 1 saturated heterocycles. The Bertz CT molecular complexity index is 700. The van der Waals surface area contributed by atoms with Crippen LogP contribution in [0.4, 0.5) is 23.7 Å². The molecule has 1 fully saturated rings. The number of benzene rings is 1. The number of hydrogen-bond donors (Lipinski definition) is 2. The summed E-state index contributed by atoms with van der Waals surface area (Å²) in [5.74, 6) is -1.32. The molecule has 6 nitrogen and oxygen atoms in total. The van der Waals surface area contributed by atoms with Gasteiger partial charge >= 0.3 is 18.2 Å². The summed E-state index contributed by atoms with van der Waals surface area (Å²) in [5, 5.41) is 11.9. The molecule has 0 saturated carbocycles. The summed E-state index contributed by atoms with van der Waals surface area (Å²) in [7, 11) is 0. The fraction of sp³-hybridized carbons (Fsp3) is 0.529. The van der Waals surface area contributed by atoms with Crippen LogP contribution >= 0.6 is 0 Å². The van der Waals surface area contributed by atoms with Gasteiger partial charge in [-0.25, -0.2) is 9.59 Å².